The van der Waals surface area contributed by atoms with Crippen molar-refractivity contribution in [3.8, 4) is 0 Å². The molecule has 2 N–H and O–H groups in total. The molecule has 0 aromatic heterocycles. The molecule has 1 rings (SSSR count). The SMILES string of the molecule is O=C(O)CCCCc1ccccc1[P+](=O)O. The first-order valence-electron chi connectivity index (χ1n) is 5.07. The Morgan fingerprint density at radius 3 is 2.56 bits per heavy atom. The van der Waals surface area contributed by atoms with E-state index in [0.29, 0.717) is 24.6 Å². The van der Waals surface area contributed by atoms with E-state index in [1.807, 2.05) is 6.07 Å². The second-order valence-corrected chi connectivity index (χ2v) is 4.53. The highest BCUT2D eigenvalue weighted by molar-refractivity contribution is 7.47. The molecule has 16 heavy (non-hydrogen) atoms. The number of benzene rings is 1. The summed E-state index contributed by atoms with van der Waals surface area (Å²) in [6.07, 6.45) is 2.09. The number of rotatable bonds is 6. The summed E-state index contributed by atoms with van der Waals surface area (Å²) in [5, 5.41) is 8.92. The van der Waals surface area contributed by atoms with E-state index in [1.54, 1.807) is 18.2 Å². The summed E-state index contributed by atoms with van der Waals surface area (Å²) >= 11 is 0. The van der Waals surface area contributed by atoms with Crippen molar-refractivity contribution in [1.82, 2.24) is 0 Å². The number of carboxylic acid groups (broad SMARTS) is 1. The van der Waals surface area contributed by atoms with Gasteiger partial charge in [0.2, 0.25) is 5.30 Å². The van der Waals surface area contributed by atoms with Crippen molar-refractivity contribution in [3.63, 3.8) is 0 Å². The van der Waals surface area contributed by atoms with Crippen molar-refractivity contribution in [1.29, 1.82) is 0 Å². The average Bonchev–Trinajstić information content (AvgIpc) is 2.24. The third-order valence-electron chi connectivity index (χ3n) is 2.28. The van der Waals surface area contributed by atoms with Gasteiger partial charge in [-0.05, 0) is 29.9 Å². The number of aryl methyl sites for hydroxylation is 1. The van der Waals surface area contributed by atoms with Crippen LogP contribution < -0.4 is 5.30 Å². The zero-order valence-electron chi connectivity index (χ0n) is 8.80. The van der Waals surface area contributed by atoms with Gasteiger partial charge in [-0.25, -0.2) is 0 Å². The Balaban J connectivity index is 2.53. The van der Waals surface area contributed by atoms with Gasteiger partial charge in [0, 0.05) is 12.0 Å². The number of unbranched alkanes of at least 4 members (excludes halogenated alkanes) is 1. The summed E-state index contributed by atoms with van der Waals surface area (Å²) in [7, 11) is -2.32. The van der Waals surface area contributed by atoms with Gasteiger partial charge in [-0.3, -0.25) is 4.79 Å². The zero-order valence-corrected chi connectivity index (χ0v) is 9.69. The monoisotopic (exact) mass is 241 g/mol. The van der Waals surface area contributed by atoms with Gasteiger partial charge in [-0.1, -0.05) is 18.2 Å². The highest BCUT2D eigenvalue weighted by atomic mass is 31.1. The summed E-state index contributed by atoms with van der Waals surface area (Å²) < 4.78 is 11.0. The van der Waals surface area contributed by atoms with Crippen molar-refractivity contribution < 1.29 is 19.4 Å². The van der Waals surface area contributed by atoms with Crippen LogP contribution in [0.3, 0.4) is 0 Å². The lowest BCUT2D eigenvalue weighted by atomic mass is 10.1. The molecule has 4 nitrogen and oxygen atoms in total. The number of hydrogen-bond donors (Lipinski definition) is 2. The van der Waals surface area contributed by atoms with E-state index >= 15 is 0 Å². The molecular formula is C11H14O4P+. The molecule has 0 saturated carbocycles. The Morgan fingerprint density at radius 1 is 1.25 bits per heavy atom. The summed E-state index contributed by atoms with van der Waals surface area (Å²) in [6, 6.07) is 6.97. The molecule has 0 fully saturated rings. The minimum absolute atomic E-state index is 0.146. The number of hydrogen-bond acceptors (Lipinski definition) is 2. The lowest BCUT2D eigenvalue weighted by molar-refractivity contribution is -0.137. The Labute approximate surface area is 94.8 Å². The molecule has 1 atom stereocenters. The second kappa shape index (κ2) is 6.36. The van der Waals surface area contributed by atoms with Crippen molar-refractivity contribution in [2.75, 3.05) is 0 Å². The topological polar surface area (TPSA) is 74.6 Å². The van der Waals surface area contributed by atoms with Gasteiger partial charge in [0.05, 0.1) is 0 Å². The maximum atomic E-state index is 11.0. The Hall–Kier alpha value is -1.25. The van der Waals surface area contributed by atoms with Crippen LogP contribution in [0.1, 0.15) is 24.8 Å². The van der Waals surface area contributed by atoms with Crippen LogP contribution >= 0.6 is 8.03 Å². The minimum atomic E-state index is -2.32. The van der Waals surface area contributed by atoms with Crippen molar-refractivity contribution in [3.05, 3.63) is 29.8 Å². The molecule has 5 heteroatoms. The highest BCUT2D eigenvalue weighted by Crippen LogP contribution is 2.17. The fourth-order valence-corrected chi connectivity index (χ4v) is 2.15. The van der Waals surface area contributed by atoms with Crippen LogP contribution in [0.5, 0.6) is 0 Å². The van der Waals surface area contributed by atoms with Crippen LogP contribution in [0.15, 0.2) is 24.3 Å². The van der Waals surface area contributed by atoms with Gasteiger partial charge in [0.25, 0.3) is 0 Å². The predicted octanol–water partition coefficient (Wildman–Crippen LogP) is 1.84. The van der Waals surface area contributed by atoms with Gasteiger partial charge in [0.15, 0.2) is 0 Å². The number of carboxylic acids is 1. The fourth-order valence-electron chi connectivity index (χ4n) is 1.50. The summed E-state index contributed by atoms with van der Waals surface area (Å²) in [5.41, 5.74) is 0.830. The van der Waals surface area contributed by atoms with E-state index in [1.165, 1.54) is 0 Å². The third-order valence-corrected chi connectivity index (χ3v) is 3.13. The quantitative estimate of drug-likeness (QED) is 0.588. The van der Waals surface area contributed by atoms with E-state index in [4.69, 9.17) is 10.00 Å². The molecule has 0 aliphatic rings. The summed E-state index contributed by atoms with van der Waals surface area (Å²) in [4.78, 5) is 19.4. The first-order valence-corrected chi connectivity index (χ1v) is 6.28. The smallest absolute Gasteiger partial charge is 0.481 e. The Bertz CT molecular complexity index is 389. The van der Waals surface area contributed by atoms with Crippen LogP contribution in [0.2, 0.25) is 0 Å². The van der Waals surface area contributed by atoms with E-state index in [2.05, 4.69) is 0 Å². The van der Waals surface area contributed by atoms with Gasteiger partial charge >= 0.3 is 14.0 Å². The van der Waals surface area contributed by atoms with Gasteiger partial charge < -0.3 is 5.11 Å². The molecule has 0 aliphatic carbocycles. The standard InChI is InChI=1S/C11H13O4P/c12-11(13)8-4-2-6-9-5-1-3-7-10(9)16(14)15/h1,3,5,7H,2,4,6,8H2,(H-,12,13,14,15)/p+1. The number of aliphatic carboxylic acids is 1. The maximum absolute atomic E-state index is 11.0. The van der Waals surface area contributed by atoms with Crippen LogP contribution in [0.4, 0.5) is 0 Å². The fraction of sp³-hybridized carbons (Fsp3) is 0.364. The highest BCUT2D eigenvalue weighted by Gasteiger charge is 2.20. The number of carbonyl (C=O) groups is 1. The largest absolute Gasteiger partial charge is 0.546 e. The molecule has 1 unspecified atom stereocenters. The Morgan fingerprint density at radius 2 is 1.94 bits per heavy atom. The molecule has 0 bridgehead atoms. The van der Waals surface area contributed by atoms with Gasteiger partial charge in [0.1, 0.15) is 0 Å². The van der Waals surface area contributed by atoms with Crippen LogP contribution in [-0.2, 0) is 15.8 Å². The normalized spacial score (nSPS) is 11.2. The van der Waals surface area contributed by atoms with Crippen molar-refractivity contribution >= 4 is 19.3 Å². The van der Waals surface area contributed by atoms with E-state index < -0.39 is 14.0 Å². The third kappa shape index (κ3) is 4.09. The lowest BCUT2D eigenvalue weighted by Gasteiger charge is -1.99. The molecule has 86 valence electrons. The molecule has 0 amide bonds. The maximum Gasteiger partial charge on any atom is 0.546 e. The summed E-state index contributed by atoms with van der Waals surface area (Å²) in [6.45, 7) is 0. The molecule has 1 aromatic rings. The van der Waals surface area contributed by atoms with E-state index in [9.17, 15) is 9.36 Å². The minimum Gasteiger partial charge on any atom is -0.481 e. The molecule has 0 aliphatic heterocycles. The second-order valence-electron chi connectivity index (χ2n) is 3.50. The first-order chi connectivity index (χ1) is 7.61. The first kappa shape index (κ1) is 12.8. The zero-order chi connectivity index (χ0) is 12.0. The van der Waals surface area contributed by atoms with Crippen LogP contribution in [0, 0.1) is 0 Å². The van der Waals surface area contributed by atoms with E-state index in [0.717, 1.165) is 5.56 Å². The Kier molecular flexibility index (Phi) is 5.09. The van der Waals surface area contributed by atoms with Gasteiger partial charge in [-0.15, -0.1) is 0 Å². The molecule has 0 saturated heterocycles. The molecule has 0 radical (unpaired) electrons. The lowest BCUT2D eigenvalue weighted by Crippen LogP contribution is -2.05. The van der Waals surface area contributed by atoms with Gasteiger partial charge in [-0.2, -0.15) is 4.89 Å². The summed E-state index contributed by atoms with van der Waals surface area (Å²) in [5.74, 6) is -0.804. The predicted molar refractivity (Wildman–Crippen MR) is 61.1 cm³/mol. The van der Waals surface area contributed by atoms with Crippen molar-refractivity contribution in [2.45, 2.75) is 25.7 Å². The van der Waals surface area contributed by atoms with Crippen LogP contribution in [-0.4, -0.2) is 16.0 Å². The molecular weight excluding hydrogens is 227 g/mol. The van der Waals surface area contributed by atoms with Crippen molar-refractivity contribution in [2.24, 2.45) is 0 Å². The molecule has 0 spiro atoms. The van der Waals surface area contributed by atoms with Crippen LogP contribution in [0.25, 0.3) is 0 Å². The molecule has 1 aromatic carbocycles. The average molecular weight is 241 g/mol. The molecule has 0 heterocycles. The van der Waals surface area contributed by atoms with E-state index in [-0.39, 0.29) is 6.42 Å².